The molecule has 0 radical (unpaired) electrons. The first-order chi connectivity index (χ1) is 6.24. The standard InChI is InChI=1S/C7H13N3O2S/c1-13-6(8)9-7(11)10-2-4-12-5-3-10/h2-5H2,1H3,(H2,8,9,11). The van der Waals surface area contributed by atoms with Crippen LogP contribution in [0.2, 0.25) is 0 Å². The van der Waals surface area contributed by atoms with E-state index in [1.165, 1.54) is 11.8 Å². The van der Waals surface area contributed by atoms with Crippen molar-refractivity contribution >= 4 is 23.0 Å². The van der Waals surface area contributed by atoms with Gasteiger partial charge in [0.15, 0.2) is 5.17 Å². The van der Waals surface area contributed by atoms with Crippen molar-refractivity contribution in [3.05, 3.63) is 0 Å². The number of urea groups is 1. The third-order valence-corrected chi connectivity index (χ3v) is 2.21. The molecule has 0 aliphatic carbocycles. The Morgan fingerprint density at radius 2 is 2.15 bits per heavy atom. The van der Waals surface area contributed by atoms with E-state index in [1.54, 1.807) is 11.2 Å². The normalized spacial score (nSPS) is 18.8. The summed E-state index contributed by atoms with van der Waals surface area (Å²) in [7, 11) is 0. The Morgan fingerprint density at radius 3 is 2.69 bits per heavy atom. The lowest BCUT2D eigenvalue weighted by Gasteiger charge is -2.24. The molecule has 2 amide bonds. The summed E-state index contributed by atoms with van der Waals surface area (Å²) in [6, 6.07) is -0.268. The van der Waals surface area contributed by atoms with E-state index in [-0.39, 0.29) is 6.03 Å². The molecule has 0 saturated carbocycles. The topological polar surface area (TPSA) is 67.9 Å². The minimum atomic E-state index is -0.268. The molecule has 13 heavy (non-hydrogen) atoms. The van der Waals surface area contributed by atoms with Crippen LogP contribution in [0.3, 0.4) is 0 Å². The smallest absolute Gasteiger partial charge is 0.346 e. The molecule has 0 aromatic rings. The summed E-state index contributed by atoms with van der Waals surface area (Å²) >= 11 is 1.27. The number of thioether (sulfide) groups is 1. The third-order valence-electron chi connectivity index (χ3n) is 1.70. The van der Waals surface area contributed by atoms with Crippen molar-refractivity contribution in [1.82, 2.24) is 4.90 Å². The number of hydrogen-bond acceptors (Lipinski definition) is 3. The fraction of sp³-hybridized carbons (Fsp3) is 0.714. The van der Waals surface area contributed by atoms with Gasteiger partial charge in [0.25, 0.3) is 0 Å². The number of aliphatic imine (C=N–C) groups is 1. The highest BCUT2D eigenvalue weighted by Crippen LogP contribution is 2.01. The first kappa shape index (κ1) is 10.3. The molecule has 0 atom stereocenters. The second kappa shape index (κ2) is 5.08. The second-order valence-electron chi connectivity index (χ2n) is 2.54. The highest BCUT2D eigenvalue weighted by Gasteiger charge is 2.15. The Hall–Kier alpha value is -0.750. The molecule has 74 valence electrons. The van der Waals surface area contributed by atoms with Gasteiger partial charge in [-0.05, 0) is 6.26 Å². The third kappa shape index (κ3) is 3.23. The van der Waals surface area contributed by atoms with Crippen LogP contribution in [0.1, 0.15) is 0 Å². The van der Waals surface area contributed by atoms with Gasteiger partial charge in [0.1, 0.15) is 0 Å². The van der Waals surface area contributed by atoms with E-state index < -0.39 is 0 Å². The Morgan fingerprint density at radius 1 is 1.54 bits per heavy atom. The maximum absolute atomic E-state index is 11.4. The van der Waals surface area contributed by atoms with Gasteiger partial charge in [-0.15, -0.1) is 0 Å². The lowest BCUT2D eigenvalue weighted by Crippen LogP contribution is -2.39. The molecule has 1 rings (SSSR count). The number of carbonyl (C=O) groups is 1. The molecule has 0 aromatic carbocycles. The molecule has 5 nitrogen and oxygen atoms in total. The average Bonchev–Trinajstić information content (AvgIpc) is 2.19. The maximum atomic E-state index is 11.4. The molecular weight excluding hydrogens is 190 g/mol. The molecule has 0 bridgehead atoms. The SMILES string of the molecule is CS/C(N)=N/C(=O)N1CCOCC1. The first-order valence-electron chi connectivity index (χ1n) is 3.99. The van der Waals surface area contributed by atoms with Gasteiger partial charge < -0.3 is 15.4 Å². The van der Waals surface area contributed by atoms with Gasteiger partial charge in [-0.3, -0.25) is 0 Å². The molecule has 1 saturated heterocycles. The number of carbonyl (C=O) groups excluding carboxylic acids is 1. The summed E-state index contributed by atoms with van der Waals surface area (Å²) in [6.45, 7) is 2.37. The summed E-state index contributed by atoms with van der Waals surface area (Å²) in [6.07, 6.45) is 1.78. The lowest BCUT2D eigenvalue weighted by molar-refractivity contribution is 0.0555. The minimum absolute atomic E-state index is 0.268. The summed E-state index contributed by atoms with van der Waals surface area (Å²) in [5.74, 6) is 0. The van der Waals surface area contributed by atoms with Crippen LogP contribution in [0.15, 0.2) is 4.99 Å². The van der Waals surface area contributed by atoms with E-state index in [2.05, 4.69) is 4.99 Å². The average molecular weight is 203 g/mol. The van der Waals surface area contributed by atoms with Crippen molar-refractivity contribution in [2.45, 2.75) is 0 Å². The van der Waals surface area contributed by atoms with Crippen molar-refractivity contribution in [3.63, 3.8) is 0 Å². The quantitative estimate of drug-likeness (QED) is 0.448. The molecular formula is C7H13N3O2S. The molecule has 1 heterocycles. The zero-order chi connectivity index (χ0) is 9.68. The van der Waals surface area contributed by atoms with Crippen molar-refractivity contribution < 1.29 is 9.53 Å². The van der Waals surface area contributed by atoms with Crippen LogP contribution < -0.4 is 5.73 Å². The molecule has 2 N–H and O–H groups in total. The Balaban J connectivity index is 2.46. The molecule has 1 aliphatic rings. The van der Waals surface area contributed by atoms with Crippen LogP contribution in [0.25, 0.3) is 0 Å². The molecule has 0 aromatic heterocycles. The molecule has 0 unspecified atom stereocenters. The summed E-state index contributed by atoms with van der Waals surface area (Å²) in [5.41, 5.74) is 5.41. The zero-order valence-corrected chi connectivity index (χ0v) is 8.34. The van der Waals surface area contributed by atoms with Gasteiger partial charge in [0.2, 0.25) is 0 Å². The monoisotopic (exact) mass is 203 g/mol. The first-order valence-corrected chi connectivity index (χ1v) is 5.21. The van der Waals surface area contributed by atoms with Gasteiger partial charge in [0.05, 0.1) is 13.2 Å². The number of morpholine rings is 1. The minimum Gasteiger partial charge on any atom is -0.378 e. The highest BCUT2D eigenvalue weighted by atomic mass is 32.2. The van der Waals surface area contributed by atoms with Gasteiger partial charge in [-0.1, -0.05) is 11.8 Å². The Kier molecular flexibility index (Phi) is 4.04. The van der Waals surface area contributed by atoms with Crippen LogP contribution in [0.4, 0.5) is 4.79 Å². The van der Waals surface area contributed by atoms with Crippen LogP contribution in [0.5, 0.6) is 0 Å². The number of amidine groups is 1. The molecule has 6 heteroatoms. The van der Waals surface area contributed by atoms with E-state index in [0.717, 1.165) is 0 Å². The van der Waals surface area contributed by atoms with E-state index in [1.807, 2.05) is 0 Å². The van der Waals surface area contributed by atoms with E-state index in [9.17, 15) is 4.79 Å². The largest absolute Gasteiger partial charge is 0.378 e. The number of nitrogens with zero attached hydrogens (tertiary/aromatic N) is 2. The van der Waals surface area contributed by atoms with Gasteiger partial charge in [-0.25, -0.2) is 4.79 Å². The lowest BCUT2D eigenvalue weighted by atomic mass is 10.4. The number of nitrogens with two attached hydrogens (primary N) is 1. The van der Waals surface area contributed by atoms with Crippen LogP contribution >= 0.6 is 11.8 Å². The molecule has 1 aliphatic heterocycles. The number of rotatable bonds is 0. The van der Waals surface area contributed by atoms with E-state index in [4.69, 9.17) is 10.5 Å². The van der Waals surface area contributed by atoms with Gasteiger partial charge >= 0.3 is 6.03 Å². The van der Waals surface area contributed by atoms with E-state index >= 15 is 0 Å². The van der Waals surface area contributed by atoms with Crippen molar-refractivity contribution in [3.8, 4) is 0 Å². The van der Waals surface area contributed by atoms with Crippen molar-refractivity contribution in [2.75, 3.05) is 32.6 Å². The van der Waals surface area contributed by atoms with E-state index in [0.29, 0.717) is 31.5 Å². The summed E-state index contributed by atoms with van der Waals surface area (Å²) in [4.78, 5) is 16.7. The summed E-state index contributed by atoms with van der Waals surface area (Å²) in [5, 5.41) is 0.302. The van der Waals surface area contributed by atoms with Crippen LogP contribution in [0, 0.1) is 0 Å². The Labute approximate surface area is 81.3 Å². The van der Waals surface area contributed by atoms with Crippen molar-refractivity contribution in [2.24, 2.45) is 10.7 Å². The predicted octanol–water partition coefficient (Wildman–Crippen LogP) is 0.116. The molecule has 1 fully saturated rings. The number of ether oxygens (including phenoxy) is 1. The second-order valence-corrected chi connectivity index (χ2v) is 3.36. The maximum Gasteiger partial charge on any atom is 0.346 e. The fourth-order valence-corrected chi connectivity index (χ4v) is 1.13. The Bertz CT molecular complexity index is 214. The zero-order valence-electron chi connectivity index (χ0n) is 7.52. The summed E-state index contributed by atoms with van der Waals surface area (Å²) < 4.78 is 5.10. The van der Waals surface area contributed by atoms with Gasteiger partial charge in [0, 0.05) is 13.1 Å². The fourth-order valence-electron chi connectivity index (χ4n) is 0.965. The number of amides is 2. The molecule has 0 spiro atoms. The van der Waals surface area contributed by atoms with Gasteiger partial charge in [-0.2, -0.15) is 4.99 Å². The van der Waals surface area contributed by atoms with Crippen LogP contribution in [-0.2, 0) is 4.74 Å². The highest BCUT2D eigenvalue weighted by molar-refractivity contribution is 8.13. The number of hydrogen-bond donors (Lipinski definition) is 1. The van der Waals surface area contributed by atoms with Crippen LogP contribution in [-0.4, -0.2) is 48.7 Å². The predicted molar refractivity (Wildman–Crippen MR) is 52.9 cm³/mol. The van der Waals surface area contributed by atoms with Crippen molar-refractivity contribution in [1.29, 1.82) is 0 Å².